The highest BCUT2D eigenvalue weighted by Crippen LogP contribution is 2.24. The molecular weight excluding hydrogens is 224 g/mol. The van der Waals surface area contributed by atoms with Gasteiger partial charge in [-0.05, 0) is 12.8 Å². The second-order valence-electron chi connectivity index (χ2n) is 4.28. The summed E-state index contributed by atoms with van der Waals surface area (Å²) in [7, 11) is 1.66. The van der Waals surface area contributed by atoms with E-state index in [-0.39, 0.29) is 18.1 Å². The molecule has 1 rings (SSSR count). The zero-order valence-electron chi connectivity index (χ0n) is 10.1. The molecule has 0 atom stereocenters. The first-order chi connectivity index (χ1) is 8.01. The monoisotopic (exact) mass is 244 g/mol. The topological polar surface area (TPSA) is 111 Å². The lowest BCUT2D eigenvalue weighted by Gasteiger charge is -2.39. The molecule has 3 amide bonds. The predicted octanol–water partition coefficient (Wildman–Crippen LogP) is -1.38. The van der Waals surface area contributed by atoms with Gasteiger partial charge in [-0.15, -0.1) is 0 Å². The van der Waals surface area contributed by atoms with Gasteiger partial charge in [-0.1, -0.05) is 0 Å². The maximum atomic E-state index is 11.3. The van der Waals surface area contributed by atoms with E-state index < -0.39 is 6.03 Å². The minimum atomic E-state index is -0.819. The summed E-state index contributed by atoms with van der Waals surface area (Å²) < 4.78 is 5.42. The van der Waals surface area contributed by atoms with Gasteiger partial charge in [-0.25, -0.2) is 4.79 Å². The number of hydrogen-bond donors (Lipinski definition) is 3. The third kappa shape index (κ3) is 3.95. The van der Waals surface area contributed by atoms with Gasteiger partial charge in [0, 0.05) is 26.7 Å². The molecule has 1 heterocycles. The Bertz CT molecular complexity index is 281. The van der Waals surface area contributed by atoms with E-state index in [9.17, 15) is 9.59 Å². The molecule has 0 aromatic heterocycles. The molecule has 0 aromatic carbocycles. The molecule has 98 valence electrons. The summed E-state index contributed by atoms with van der Waals surface area (Å²) in [6.45, 7) is 2.09. The van der Waals surface area contributed by atoms with Crippen LogP contribution >= 0.6 is 0 Å². The number of nitrogens with one attached hydrogen (secondary N) is 1. The number of rotatable bonds is 4. The number of imide groups is 1. The molecule has 0 aliphatic carbocycles. The van der Waals surface area contributed by atoms with Gasteiger partial charge < -0.3 is 16.2 Å². The number of ether oxygens (including phenoxy) is 1. The SMILES string of the molecule is COC1(CN)CCN(CC(=O)NC(N)=O)CC1. The number of carbonyl (C=O) groups excluding carboxylic acids is 2. The molecule has 7 heteroatoms. The standard InChI is InChI=1S/C10H20N4O3/c1-17-10(7-11)2-4-14(5-3-10)6-8(15)13-9(12)16/h2-7,11H2,1H3,(H3,12,13,15,16). The Labute approximate surface area is 100 Å². The fraction of sp³-hybridized carbons (Fsp3) is 0.800. The smallest absolute Gasteiger partial charge is 0.318 e. The Morgan fingerprint density at radius 2 is 2.00 bits per heavy atom. The van der Waals surface area contributed by atoms with Crippen molar-refractivity contribution in [3.05, 3.63) is 0 Å². The number of amides is 3. The molecule has 1 aliphatic rings. The average molecular weight is 244 g/mol. The molecule has 5 N–H and O–H groups in total. The third-order valence-corrected chi connectivity index (χ3v) is 3.20. The summed E-state index contributed by atoms with van der Waals surface area (Å²) in [6, 6.07) is -0.819. The number of urea groups is 1. The average Bonchev–Trinajstić information content (AvgIpc) is 2.29. The van der Waals surface area contributed by atoms with Crippen LogP contribution in [0, 0.1) is 0 Å². The molecule has 1 fully saturated rings. The summed E-state index contributed by atoms with van der Waals surface area (Å²) in [6.07, 6.45) is 1.56. The van der Waals surface area contributed by atoms with E-state index in [0.717, 1.165) is 25.9 Å². The number of piperidine rings is 1. The molecule has 0 radical (unpaired) electrons. The van der Waals surface area contributed by atoms with Gasteiger partial charge in [-0.3, -0.25) is 15.0 Å². The zero-order chi connectivity index (χ0) is 12.9. The van der Waals surface area contributed by atoms with Gasteiger partial charge in [0.2, 0.25) is 5.91 Å². The van der Waals surface area contributed by atoms with Gasteiger partial charge in [-0.2, -0.15) is 0 Å². The van der Waals surface area contributed by atoms with Crippen molar-refractivity contribution in [2.24, 2.45) is 11.5 Å². The Morgan fingerprint density at radius 3 is 2.41 bits per heavy atom. The molecule has 0 spiro atoms. The van der Waals surface area contributed by atoms with E-state index in [0.29, 0.717) is 6.54 Å². The van der Waals surface area contributed by atoms with Crippen LogP contribution in [-0.2, 0) is 9.53 Å². The van der Waals surface area contributed by atoms with Crippen LogP contribution in [0.15, 0.2) is 0 Å². The molecular formula is C10H20N4O3. The van der Waals surface area contributed by atoms with E-state index in [1.165, 1.54) is 0 Å². The first-order valence-corrected chi connectivity index (χ1v) is 5.58. The molecule has 17 heavy (non-hydrogen) atoms. The second kappa shape index (κ2) is 5.95. The Balaban J connectivity index is 2.37. The van der Waals surface area contributed by atoms with Crippen molar-refractivity contribution in [1.29, 1.82) is 0 Å². The van der Waals surface area contributed by atoms with Gasteiger partial charge in [0.15, 0.2) is 0 Å². The maximum absolute atomic E-state index is 11.3. The Kier molecular flexibility index (Phi) is 4.86. The lowest BCUT2D eigenvalue weighted by atomic mass is 9.91. The van der Waals surface area contributed by atoms with Crippen molar-refractivity contribution in [3.63, 3.8) is 0 Å². The number of likely N-dealkylation sites (tertiary alicyclic amines) is 1. The summed E-state index contributed by atoms with van der Waals surface area (Å²) >= 11 is 0. The van der Waals surface area contributed by atoms with Crippen LogP contribution in [0.25, 0.3) is 0 Å². The van der Waals surface area contributed by atoms with E-state index in [1.54, 1.807) is 7.11 Å². The molecule has 7 nitrogen and oxygen atoms in total. The Morgan fingerprint density at radius 1 is 1.41 bits per heavy atom. The normalized spacial score (nSPS) is 19.9. The van der Waals surface area contributed by atoms with Gasteiger partial charge in [0.25, 0.3) is 0 Å². The highest BCUT2D eigenvalue weighted by atomic mass is 16.5. The molecule has 0 aromatic rings. The second-order valence-corrected chi connectivity index (χ2v) is 4.28. The van der Waals surface area contributed by atoms with Crippen LogP contribution in [-0.4, -0.2) is 55.7 Å². The number of methoxy groups -OCH3 is 1. The van der Waals surface area contributed by atoms with E-state index in [1.807, 2.05) is 10.2 Å². The fourth-order valence-corrected chi connectivity index (χ4v) is 1.99. The van der Waals surface area contributed by atoms with Crippen LogP contribution < -0.4 is 16.8 Å². The molecule has 1 aliphatic heterocycles. The van der Waals surface area contributed by atoms with Gasteiger partial charge >= 0.3 is 6.03 Å². The molecule has 1 saturated heterocycles. The largest absolute Gasteiger partial charge is 0.377 e. The first kappa shape index (κ1) is 13.9. The van der Waals surface area contributed by atoms with Crippen LogP contribution in [0.5, 0.6) is 0 Å². The molecule has 0 bridgehead atoms. The number of hydrogen-bond acceptors (Lipinski definition) is 5. The van der Waals surface area contributed by atoms with Crippen LogP contribution in [0.4, 0.5) is 4.79 Å². The van der Waals surface area contributed by atoms with Crippen LogP contribution in [0.1, 0.15) is 12.8 Å². The van der Waals surface area contributed by atoms with E-state index in [4.69, 9.17) is 16.2 Å². The maximum Gasteiger partial charge on any atom is 0.318 e. The van der Waals surface area contributed by atoms with Crippen molar-refractivity contribution >= 4 is 11.9 Å². The number of carbonyl (C=O) groups is 2. The van der Waals surface area contributed by atoms with Gasteiger partial charge in [0.1, 0.15) is 0 Å². The molecule has 0 unspecified atom stereocenters. The lowest BCUT2D eigenvalue weighted by molar-refractivity contribution is -0.122. The quantitative estimate of drug-likeness (QED) is 0.564. The van der Waals surface area contributed by atoms with E-state index in [2.05, 4.69) is 0 Å². The van der Waals surface area contributed by atoms with Crippen LogP contribution in [0.2, 0.25) is 0 Å². The van der Waals surface area contributed by atoms with Crippen molar-refractivity contribution in [1.82, 2.24) is 10.2 Å². The number of nitrogens with two attached hydrogens (primary N) is 2. The zero-order valence-corrected chi connectivity index (χ0v) is 10.1. The van der Waals surface area contributed by atoms with E-state index >= 15 is 0 Å². The van der Waals surface area contributed by atoms with Crippen molar-refractivity contribution in [2.45, 2.75) is 18.4 Å². The summed E-state index contributed by atoms with van der Waals surface area (Å²) in [5.41, 5.74) is 10.3. The van der Waals surface area contributed by atoms with Crippen molar-refractivity contribution < 1.29 is 14.3 Å². The summed E-state index contributed by atoms with van der Waals surface area (Å²) in [5.74, 6) is -0.379. The fourth-order valence-electron chi connectivity index (χ4n) is 1.99. The third-order valence-electron chi connectivity index (χ3n) is 3.20. The highest BCUT2D eigenvalue weighted by Gasteiger charge is 2.33. The summed E-state index contributed by atoms with van der Waals surface area (Å²) in [5, 5.41) is 2.04. The van der Waals surface area contributed by atoms with Gasteiger partial charge in [0.05, 0.1) is 12.1 Å². The number of nitrogens with zero attached hydrogens (tertiary/aromatic N) is 1. The predicted molar refractivity (Wildman–Crippen MR) is 62.2 cm³/mol. The minimum Gasteiger partial charge on any atom is -0.377 e. The summed E-state index contributed by atoms with van der Waals surface area (Å²) in [4.78, 5) is 23.7. The van der Waals surface area contributed by atoms with Crippen LogP contribution in [0.3, 0.4) is 0 Å². The lowest BCUT2D eigenvalue weighted by Crippen LogP contribution is -2.52. The van der Waals surface area contributed by atoms with Crippen molar-refractivity contribution in [2.75, 3.05) is 33.3 Å². The van der Waals surface area contributed by atoms with Crippen molar-refractivity contribution in [3.8, 4) is 0 Å². The number of primary amides is 1. The first-order valence-electron chi connectivity index (χ1n) is 5.58. The Hall–Kier alpha value is -1.18. The minimum absolute atomic E-state index is 0.174. The highest BCUT2D eigenvalue weighted by molar-refractivity contribution is 5.94. The molecule has 0 saturated carbocycles.